The SMILES string of the molecule is COc1ccc(CNC(=O)/C(C#N)=C2/N=C(NC(=O)c3ccc(OC)cc3)c3ccccc32)cc1. The molecule has 1 aliphatic rings. The summed E-state index contributed by atoms with van der Waals surface area (Å²) < 4.78 is 10.3. The maximum absolute atomic E-state index is 12.9. The van der Waals surface area contributed by atoms with Crippen LogP contribution in [-0.2, 0) is 11.3 Å². The van der Waals surface area contributed by atoms with Crippen LogP contribution in [0.4, 0.5) is 0 Å². The first-order chi connectivity index (χ1) is 17.0. The van der Waals surface area contributed by atoms with Gasteiger partial charge in [-0.15, -0.1) is 0 Å². The van der Waals surface area contributed by atoms with Crippen molar-refractivity contribution < 1.29 is 19.1 Å². The molecule has 4 rings (SSSR count). The van der Waals surface area contributed by atoms with Crippen LogP contribution in [-0.4, -0.2) is 31.9 Å². The van der Waals surface area contributed by atoms with Crippen LogP contribution in [0.5, 0.6) is 11.5 Å². The van der Waals surface area contributed by atoms with Gasteiger partial charge in [-0.05, 0) is 42.0 Å². The number of benzene rings is 3. The molecular weight excluding hydrogens is 444 g/mol. The normalized spacial score (nSPS) is 13.1. The lowest BCUT2D eigenvalue weighted by atomic mass is 10.0. The molecule has 3 aromatic rings. The molecule has 2 N–H and O–H groups in total. The van der Waals surface area contributed by atoms with Gasteiger partial charge in [-0.2, -0.15) is 5.26 Å². The molecule has 0 saturated heterocycles. The van der Waals surface area contributed by atoms with E-state index in [1.54, 1.807) is 74.9 Å². The Labute approximate surface area is 202 Å². The molecule has 3 aromatic carbocycles. The number of amides is 2. The Morgan fingerprint density at radius 2 is 1.49 bits per heavy atom. The number of carbonyl (C=O) groups is 2. The summed E-state index contributed by atoms with van der Waals surface area (Å²) in [6, 6.07) is 23.0. The van der Waals surface area contributed by atoms with Crippen LogP contribution in [0, 0.1) is 11.3 Å². The Morgan fingerprint density at radius 3 is 2.09 bits per heavy atom. The minimum Gasteiger partial charge on any atom is -0.497 e. The summed E-state index contributed by atoms with van der Waals surface area (Å²) in [6.45, 7) is 0.230. The number of nitrogens with one attached hydrogen (secondary N) is 2. The summed E-state index contributed by atoms with van der Waals surface area (Å²) in [6.07, 6.45) is 0. The Morgan fingerprint density at radius 1 is 0.886 bits per heavy atom. The van der Waals surface area contributed by atoms with E-state index in [1.165, 1.54) is 0 Å². The fourth-order valence-electron chi connectivity index (χ4n) is 3.56. The van der Waals surface area contributed by atoms with Gasteiger partial charge in [0.15, 0.2) is 0 Å². The van der Waals surface area contributed by atoms with Crippen LogP contribution < -0.4 is 20.1 Å². The van der Waals surface area contributed by atoms with Crippen molar-refractivity contribution in [3.8, 4) is 17.6 Å². The lowest BCUT2D eigenvalue weighted by molar-refractivity contribution is -0.117. The van der Waals surface area contributed by atoms with Gasteiger partial charge in [-0.1, -0.05) is 36.4 Å². The van der Waals surface area contributed by atoms with Gasteiger partial charge in [0.2, 0.25) is 0 Å². The van der Waals surface area contributed by atoms with E-state index in [2.05, 4.69) is 15.6 Å². The zero-order chi connectivity index (χ0) is 24.8. The van der Waals surface area contributed by atoms with E-state index < -0.39 is 5.91 Å². The Bertz CT molecular complexity index is 1370. The van der Waals surface area contributed by atoms with E-state index in [4.69, 9.17) is 9.47 Å². The number of methoxy groups -OCH3 is 2. The molecule has 0 radical (unpaired) electrons. The lowest BCUT2D eigenvalue weighted by Gasteiger charge is -2.07. The van der Waals surface area contributed by atoms with Crippen molar-refractivity contribution in [3.05, 3.63) is 101 Å². The minimum absolute atomic E-state index is 0.139. The number of fused-ring (bicyclic) bond motifs is 1. The second kappa shape index (κ2) is 10.4. The van der Waals surface area contributed by atoms with Crippen LogP contribution in [0.1, 0.15) is 27.0 Å². The van der Waals surface area contributed by atoms with Crippen molar-refractivity contribution in [2.24, 2.45) is 4.99 Å². The molecule has 0 bridgehead atoms. The molecular formula is C27H22N4O4. The van der Waals surface area contributed by atoms with E-state index in [1.807, 2.05) is 18.2 Å². The monoisotopic (exact) mass is 466 g/mol. The summed E-state index contributed by atoms with van der Waals surface area (Å²) in [5.74, 6) is 0.687. The van der Waals surface area contributed by atoms with Gasteiger partial charge in [0.25, 0.3) is 11.8 Å². The second-order valence-corrected chi connectivity index (χ2v) is 7.55. The zero-order valence-corrected chi connectivity index (χ0v) is 19.2. The molecule has 0 atom stereocenters. The smallest absolute Gasteiger partial charge is 0.264 e. The van der Waals surface area contributed by atoms with Gasteiger partial charge in [-0.3, -0.25) is 9.59 Å². The number of ether oxygens (including phenoxy) is 2. The number of hydrogen-bond donors (Lipinski definition) is 2. The number of hydrogen-bond acceptors (Lipinski definition) is 6. The Balaban J connectivity index is 1.58. The average molecular weight is 466 g/mol. The Hall–Kier alpha value is -4.90. The average Bonchev–Trinajstić information content (AvgIpc) is 3.26. The largest absolute Gasteiger partial charge is 0.497 e. The van der Waals surface area contributed by atoms with E-state index in [0.29, 0.717) is 28.2 Å². The molecule has 0 spiro atoms. The van der Waals surface area contributed by atoms with Gasteiger partial charge >= 0.3 is 0 Å². The van der Waals surface area contributed by atoms with E-state index >= 15 is 0 Å². The zero-order valence-electron chi connectivity index (χ0n) is 19.2. The van der Waals surface area contributed by atoms with Crippen molar-refractivity contribution in [1.82, 2.24) is 10.6 Å². The van der Waals surface area contributed by atoms with Crippen molar-refractivity contribution in [2.75, 3.05) is 14.2 Å². The fourth-order valence-corrected chi connectivity index (χ4v) is 3.56. The molecule has 0 fully saturated rings. The molecule has 35 heavy (non-hydrogen) atoms. The highest BCUT2D eigenvalue weighted by molar-refractivity contribution is 6.20. The summed E-state index contributed by atoms with van der Waals surface area (Å²) in [7, 11) is 3.13. The number of nitrogens with zero attached hydrogens (tertiary/aromatic N) is 2. The van der Waals surface area contributed by atoms with Crippen LogP contribution in [0.15, 0.2) is 83.4 Å². The molecule has 0 aromatic heterocycles. The van der Waals surface area contributed by atoms with Gasteiger partial charge in [0.05, 0.1) is 19.9 Å². The van der Waals surface area contributed by atoms with Crippen LogP contribution >= 0.6 is 0 Å². The van der Waals surface area contributed by atoms with Crippen molar-refractivity contribution in [3.63, 3.8) is 0 Å². The molecule has 8 heteroatoms. The predicted molar refractivity (Wildman–Crippen MR) is 131 cm³/mol. The first-order valence-electron chi connectivity index (χ1n) is 10.7. The molecule has 174 valence electrons. The van der Waals surface area contributed by atoms with Crippen molar-refractivity contribution in [2.45, 2.75) is 6.54 Å². The van der Waals surface area contributed by atoms with Gasteiger partial charge < -0.3 is 20.1 Å². The molecule has 2 amide bonds. The molecule has 8 nitrogen and oxygen atoms in total. The Kier molecular flexibility index (Phi) is 6.88. The number of amidine groups is 1. The topological polar surface area (TPSA) is 113 Å². The van der Waals surface area contributed by atoms with E-state index in [0.717, 1.165) is 5.56 Å². The van der Waals surface area contributed by atoms with Gasteiger partial charge in [0, 0.05) is 23.2 Å². The third kappa shape index (κ3) is 5.04. The molecule has 0 saturated carbocycles. The molecule has 1 aliphatic heterocycles. The summed E-state index contributed by atoms with van der Waals surface area (Å²) in [4.78, 5) is 30.2. The highest BCUT2D eigenvalue weighted by Gasteiger charge is 2.27. The maximum Gasteiger partial charge on any atom is 0.264 e. The summed E-state index contributed by atoms with van der Waals surface area (Å²) >= 11 is 0. The highest BCUT2D eigenvalue weighted by atomic mass is 16.5. The maximum atomic E-state index is 12.9. The highest BCUT2D eigenvalue weighted by Crippen LogP contribution is 2.30. The third-order valence-electron chi connectivity index (χ3n) is 5.43. The van der Waals surface area contributed by atoms with Crippen LogP contribution in [0.2, 0.25) is 0 Å². The summed E-state index contributed by atoms with van der Waals surface area (Å²) in [5.41, 5.74) is 2.55. The van der Waals surface area contributed by atoms with Crippen molar-refractivity contribution in [1.29, 1.82) is 5.26 Å². The van der Waals surface area contributed by atoms with Crippen molar-refractivity contribution >= 4 is 23.3 Å². The number of carbonyl (C=O) groups excluding carboxylic acids is 2. The molecule has 0 aliphatic carbocycles. The molecule has 0 unspecified atom stereocenters. The second-order valence-electron chi connectivity index (χ2n) is 7.55. The predicted octanol–water partition coefficient (Wildman–Crippen LogP) is 3.45. The molecule has 1 heterocycles. The van der Waals surface area contributed by atoms with Gasteiger partial charge in [0.1, 0.15) is 29.0 Å². The minimum atomic E-state index is -0.556. The van der Waals surface area contributed by atoms with E-state index in [-0.39, 0.29) is 29.6 Å². The van der Waals surface area contributed by atoms with Crippen LogP contribution in [0.25, 0.3) is 5.70 Å². The standard InChI is InChI=1S/C27H22N4O4/c1-34-19-11-7-17(8-12-19)16-29-27(33)23(15-28)24-21-5-3-4-6-22(21)25(30-24)31-26(32)18-9-13-20(35-2)14-10-18/h3-14H,16H2,1-2H3,(H,29,33)(H,30,31,32)/b24-23+. The van der Waals surface area contributed by atoms with E-state index in [9.17, 15) is 14.9 Å². The number of aliphatic imine (C=N–C) groups is 1. The van der Waals surface area contributed by atoms with Crippen LogP contribution in [0.3, 0.4) is 0 Å². The third-order valence-corrected chi connectivity index (χ3v) is 5.43. The number of rotatable bonds is 6. The quantitative estimate of drug-likeness (QED) is 0.427. The first kappa shape index (κ1) is 23.3. The van der Waals surface area contributed by atoms with Gasteiger partial charge in [-0.25, -0.2) is 4.99 Å². The summed E-state index contributed by atoms with van der Waals surface area (Å²) in [5, 5.41) is 15.3. The first-order valence-corrected chi connectivity index (χ1v) is 10.7. The fraction of sp³-hybridized carbons (Fsp3) is 0.111. The number of nitriles is 1. The lowest BCUT2D eigenvalue weighted by Crippen LogP contribution is -2.30.